The van der Waals surface area contributed by atoms with Gasteiger partial charge in [0, 0.05) is 30.9 Å². The van der Waals surface area contributed by atoms with Crippen molar-refractivity contribution in [3.8, 4) is 0 Å². The lowest BCUT2D eigenvalue weighted by molar-refractivity contribution is -0.116. The molecule has 1 fully saturated rings. The number of nitrogens with one attached hydrogen (secondary N) is 1. The first-order valence-electron chi connectivity index (χ1n) is 11.0. The lowest BCUT2D eigenvalue weighted by atomic mass is 10.1. The quantitative estimate of drug-likeness (QED) is 0.671. The minimum absolute atomic E-state index is 0.0446. The summed E-state index contributed by atoms with van der Waals surface area (Å²) in [6.07, 6.45) is 5.45. The SMILES string of the molecule is CCCCN(C(=O)NC(=O)C1=C(N2CCOCC2)/C(=C/c2ccccc2)CC1)S(C)(=O)=O. The van der Waals surface area contributed by atoms with Crippen LogP contribution in [-0.2, 0) is 19.6 Å². The van der Waals surface area contributed by atoms with Crippen LogP contribution in [0.25, 0.3) is 6.08 Å². The fraction of sp³-hybridized carbons (Fsp3) is 0.478. The van der Waals surface area contributed by atoms with E-state index in [-0.39, 0.29) is 6.54 Å². The first kappa shape index (κ1) is 24.0. The van der Waals surface area contributed by atoms with E-state index in [0.29, 0.717) is 51.1 Å². The van der Waals surface area contributed by atoms with E-state index in [2.05, 4.69) is 16.3 Å². The molecule has 1 N–H and O–H groups in total. The number of ether oxygens (including phenoxy) is 1. The molecular formula is C23H31N3O5S. The summed E-state index contributed by atoms with van der Waals surface area (Å²) in [5.74, 6) is -0.543. The Labute approximate surface area is 190 Å². The highest BCUT2D eigenvalue weighted by Crippen LogP contribution is 2.36. The number of hydrogen-bond acceptors (Lipinski definition) is 6. The number of sulfonamides is 1. The van der Waals surface area contributed by atoms with Crippen LogP contribution in [0.5, 0.6) is 0 Å². The Morgan fingerprint density at radius 3 is 2.47 bits per heavy atom. The van der Waals surface area contributed by atoms with Crippen LogP contribution < -0.4 is 5.32 Å². The van der Waals surface area contributed by atoms with Crippen molar-refractivity contribution in [2.75, 3.05) is 39.1 Å². The van der Waals surface area contributed by atoms with Gasteiger partial charge in [-0.15, -0.1) is 0 Å². The van der Waals surface area contributed by atoms with E-state index < -0.39 is 22.0 Å². The van der Waals surface area contributed by atoms with Crippen LogP contribution >= 0.6 is 0 Å². The molecule has 0 spiro atoms. The van der Waals surface area contributed by atoms with Gasteiger partial charge in [-0.2, -0.15) is 0 Å². The maximum Gasteiger partial charge on any atom is 0.337 e. The van der Waals surface area contributed by atoms with E-state index in [9.17, 15) is 18.0 Å². The minimum atomic E-state index is -3.78. The number of amides is 3. The zero-order chi connectivity index (χ0) is 23.1. The summed E-state index contributed by atoms with van der Waals surface area (Å²) in [4.78, 5) is 27.9. The summed E-state index contributed by atoms with van der Waals surface area (Å²) in [5.41, 5.74) is 3.39. The summed E-state index contributed by atoms with van der Waals surface area (Å²) in [6.45, 7) is 4.38. The highest BCUT2D eigenvalue weighted by Gasteiger charge is 2.32. The molecule has 32 heavy (non-hydrogen) atoms. The van der Waals surface area contributed by atoms with Gasteiger partial charge in [0.05, 0.1) is 19.5 Å². The van der Waals surface area contributed by atoms with Crippen LogP contribution in [-0.4, -0.2) is 68.7 Å². The second-order valence-electron chi connectivity index (χ2n) is 7.95. The number of urea groups is 1. The molecule has 0 saturated carbocycles. The van der Waals surface area contributed by atoms with Crippen molar-refractivity contribution in [2.24, 2.45) is 0 Å². The van der Waals surface area contributed by atoms with E-state index >= 15 is 0 Å². The van der Waals surface area contributed by atoms with Gasteiger partial charge in [0.25, 0.3) is 5.91 Å². The van der Waals surface area contributed by atoms with Crippen molar-refractivity contribution in [1.82, 2.24) is 14.5 Å². The summed E-state index contributed by atoms with van der Waals surface area (Å²) in [6, 6.07) is 8.97. The van der Waals surface area contributed by atoms with Gasteiger partial charge < -0.3 is 9.64 Å². The van der Waals surface area contributed by atoms with Crippen molar-refractivity contribution in [3.05, 3.63) is 52.7 Å². The molecule has 1 saturated heterocycles. The lowest BCUT2D eigenvalue weighted by Crippen LogP contribution is -2.46. The van der Waals surface area contributed by atoms with E-state index in [4.69, 9.17) is 4.74 Å². The molecule has 0 radical (unpaired) electrons. The predicted molar refractivity (Wildman–Crippen MR) is 123 cm³/mol. The number of carbonyl (C=O) groups excluding carboxylic acids is 2. The Kier molecular flexibility index (Phi) is 8.09. The first-order chi connectivity index (χ1) is 15.3. The number of benzene rings is 1. The Balaban J connectivity index is 1.89. The molecular weight excluding hydrogens is 430 g/mol. The highest BCUT2D eigenvalue weighted by molar-refractivity contribution is 7.88. The van der Waals surface area contributed by atoms with Gasteiger partial charge in [-0.05, 0) is 36.5 Å². The second kappa shape index (κ2) is 10.8. The monoisotopic (exact) mass is 461 g/mol. The molecule has 0 unspecified atom stereocenters. The number of morpholine rings is 1. The van der Waals surface area contributed by atoms with Crippen LogP contribution in [0.4, 0.5) is 4.79 Å². The maximum absolute atomic E-state index is 13.1. The molecule has 0 bridgehead atoms. The fourth-order valence-electron chi connectivity index (χ4n) is 3.94. The van der Waals surface area contributed by atoms with Gasteiger partial charge in [0.15, 0.2) is 0 Å². The van der Waals surface area contributed by atoms with Crippen molar-refractivity contribution in [2.45, 2.75) is 32.6 Å². The van der Waals surface area contributed by atoms with E-state index in [0.717, 1.165) is 33.8 Å². The molecule has 1 aliphatic heterocycles. The van der Waals surface area contributed by atoms with Gasteiger partial charge in [0.2, 0.25) is 10.0 Å². The second-order valence-corrected chi connectivity index (χ2v) is 9.86. The molecule has 0 aromatic heterocycles. The molecule has 3 amide bonds. The normalized spacial score (nSPS) is 18.2. The molecule has 3 rings (SSSR count). The van der Waals surface area contributed by atoms with Crippen molar-refractivity contribution in [3.63, 3.8) is 0 Å². The van der Waals surface area contributed by atoms with E-state index in [1.54, 1.807) is 0 Å². The van der Waals surface area contributed by atoms with Gasteiger partial charge >= 0.3 is 6.03 Å². The fourth-order valence-corrected chi connectivity index (χ4v) is 4.75. The molecule has 1 aliphatic carbocycles. The molecule has 9 heteroatoms. The van der Waals surface area contributed by atoms with Gasteiger partial charge in [-0.25, -0.2) is 17.5 Å². The number of imide groups is 1. The van der Waals surface area contributed by atoms with Crippen molar-refractivity contribution in [1.29, 1.82) is 0 Å². The summed E-state index contributed by atoms with van der Waals surface area (Å²) in [5, 5.41) is 2.32. The Hall–Kier alpha value is -2.65. The number of nitrogens with zero attached hydrogens (tertiary/aromatic N) is 2. The van der Waals surface area contributed by atoms with Gasteiger partial charge in [-0.3, -0.25) is 10.1 Å². The standard InChI is InChI=1S/C23H31N3O5S/c1-3-4-12-26(32(2,29)30)23(28)24-22(27)20-11-10-19(17-18-8-6-5-7-9-18)21(20)25-13-15-31-16-14-25/h5-9,17H,3-4,10-16H2,1-2H3,(H,24,27,28)/b19-17+. The summed E-state index contributed by atoms with van der Waals surface area (Å²) < 4.78 is 30.3. The predicted octanol–water partition coefficient (Wildman–Crippen LogP) is 2.75. The third kappa shape index (κ3) is 5.98. The molecule has 1 heterocycles. The van der Waals surface area contributed by atoms with Crippen LogP contribution in [0.2, 0.25) is 0 Å². The van der Waals surface area contributed by atoms with Crippen LogP contribution in [0.15, 0.2) is 47.2 Å². The summed E-state index contributed by atoms with van der Waals surface area (Å²) in [7, 11) is -3.78. The van der Waals surface area contributed by atoms with Gasteiger partial charge in [0.1, 0.15) is 0 Å². The zero-order valence-corrected chi connectivity index (χ0v) is 19.5. The van der Waals surface area contributed by atoms with Crippen molar-refractivity contribution >= 4 is 28.0 Å². The molecule has 174 valence electrons. The average molecular weight is 462 g/mol. The van der Waals surface area contributed by atoms with Crippen LogP contribution in [0.3, 0.4) is 0 Å². The zero-order valence-electron chi connectivity index (χ0n) is 18.7. The number of rotatable bonds is 7. The van der Waals surface area contributed by atoms with Crippen molar-refractivity contribution < 1.29 is 22.7 Å². The van der Waals surface area contributed by atoms with Crippen LogP contribution in [0, 0.1) is 0 Å². The number of hydrogen-bond donors (Lipinski definition) is 1. The van der Waals surface area contributed by atoms with E-state index in [1.807, 2.05) is 37.3 Å². The topological polar surface area (TPSA) is 96.0 Å². The Morgan fingerprint density at radius 2 is 1.84 bits per heavy atom. The highest BCUT2D eigenvalue weighted by atomic mass is 32.2. The van der Waals surface area contributed by atoms with Gasteiger partial charge in [-0.1, -0.05) is 43.7 Å². The molecule has 1 aromatic carbocycles. The maximum atomic E-state index is 13.1. The Bertz CT molecular complexity index is 996. The lowest BCUT2D eigenvalue weighted by Gasteiger charge is -2.31. The number of allylic oxidation sites excluding steroid dienone is 1. The number of unbranched alkanes of at least 4 members (excludes halogenated alkanes) is 1. The van der Waals surface area contributed by atoms with Crippen LogP contribution in [0.1, 0.15) is 38.2 Å². The molecule has 1 aromatic rings. The minimum Gasteiger partial charge on any atom is -0.378 e. The molecule has 2 aliphatic rings. The third-order valence-corrected chi connectivity index (χ3v) is 6.69. The largest absolute Gasteiger partial charge is 0.378 e. The first-order valence-corrected chi connectivity index (χ1v) is 12.8. The third-order valence-electron chi connectivity index (χ3n) is 5.54. The molecule has 8 nitrogen and oxygen atoms in total. The average Bonchev–Trinajstić information content (AvgIpc) is 3.18. The number of carbonyl (C=O) groups is 2. The molecule has 0 atom stereocenters. The smallest absolute Gasteiger partial charge is 0.337 e. The Morgan fingerprint density at radius 1 is 1.16 bits per heavy atom. The van der Waals surface area contributed by atoms with E-state index in [1.165, 1.54) is 0 Å². The summed E-state index contributed by atoms with van der Waals surface area (Å²) >= 11 is 0.